The third kappa shape index (κ3) is 1.57. The maximum absolute atomic E-state index is 4.22. The van der Waals surface area contributed by atoms with Gasteiger partial charge in [-0.3, -0.25) is 4.98 Å². The van der Waals surface area contributed by atoms with E-state index in [1.54, 1.807) is 18.5 Å². The summed E-state index contributed by atoms with van der Waals surface area (Å²) in [5, 5.41) is 4.22. The highest BCUT2D eigenvalue weighted by atomic mass is 15.3. The highest BCUT2D eigenvalue weighted by molar-refractivity contribution is 5.45. The van der Waals surface area contributed by atoms with Crippen LogP contribution in [0, 0.1) is 6.92 Å². The second-order valence-electron chi connectivity index (χ2n) is 3.08. The molecule has 0 unspecified atom stereocenters. The first-order chi connectivity index (χ1) is 6.79. The molecule has 3 nitrogen and oxygen atoms in total. The molecule has 0 aliphatic heterocycles. The van der Waals surface area contributed by atoms with Crippen LogP contribution < -0.4 is 0 Å². The van der Waals surface area contributed by atoms with Gasteiger partial charge in [0.2, 0.25) is 0 Å². The number of rotatable bonds is 2. The molecular weight excluding hydrogens is 174 g/mol. The number of aryl methyl sites for hydroxylation is 1. The summed E-state index contributed by atoms with van der Waals surface area (Å²) in [6.45, 7) is 5.65. The summed E-state index contributed by atoms with van der Waals surface area (Å²) in [5.41, 5.74) is 3.02. The molecule has 0 aliphatic rings. The molecular formula is C11H11N3. The van der Waals surface area contributed by atoms with E-state index in [1.165, 1.54) is 0 Å². The van der Waals surface area contributed by atoms with E-state index in [0.717, 1.165) is 16.9 Å². The van der Waals surface area contributed by atoms with Crippen LogP contribution in [0.4, 0.5) is 0 Å². The van der Waals surface area contributed by atoms with E-state index in [2.05, 4.69) is 16.7 Å². The molecule has 0 saturated carbocycles. The number of pyridine rings is 1. The van der Waals surface area contributed by atoms with Crippen molar-refractivity contribution < 1.29 is 0 Å². The number of hydrogen-bond acceptors (Lipinski definition) is 2. The van der Waals surface area contributed by atoms with Gasteiger partial charge < -0.3 is 0 Å². The quantitative estimate of drug-likeness (QED) is 0.718. The van der Waals surface area contributed by atoms with Crippen LogP contribution in [-0.2, 0) is 0 Å². The Morgan fingerprint density at radius 1 is 1.50 bits per heavy atom. The van der Waals surface area contributed by atoms with E-state index in [-0.39, 0.29) is 0 Å². The number of hydrogen-bond donors (Lipinski definition) is 0. The normalized spacial score (nSPS) is 10.1. The molecule has 2 rings (SSSR count). The van der Waals surface area contributed by atoms with Crippen molar-refractivity contribution in [2.75, 3.05) is 0 Å². The lowest BCUT2D eigenvalue weighted by atomic mass is 10.3. The molecule has 2 heterocycles. The average Bonchev–Trinajstić information content (AvgIpc) is 2.66. The molecule has 0 fully saturated rings. The maximum Gasteiger partial charge on any atom is 0.0679 e. The summed E-state index contributed by atoms with van der Waals surface area (Å²) < 4.78 is 1.81. The number of aromatic nitrogens is 3. The van der Waals surface area contributed by atoms with Crippen LogP contribution in [-0.4, -0.2) is 14.8 Å². The van der Waals surface area contributed by atoms with Gasteiger partial charge in [-0.25, -0.2) is 4.68 Å². The maximum atomic E-state index is 4.22. The minimum Gasteiger partial charge on any atom is -0.261 e. The fourth-order valence-corrected chi connectivity index (χ4v) is 1.26. The van der Waals surface area contributed by atoms with Crippen LogP contribution in [0.1, 0.15) is 11.3 Å². The highest BCUT2D eigenvalue weighted by Gasteiger charge is 1.98. The van der Waals surface area contributed by atoms with Crippen molar-refractivity contribution in [1.29, 1.82) is 0 Å². The molecule has 0 spiro atoms. The first-order valence-corrected chi connectivity index (χ1v) is 4.40. The summed E-state index contributed by atoms with van der Waals surface area (Å²) in [5.74, 6) is 0. The van der Waals surface area contributed by atoms with Gasteiger partial charge in [0.25, 0.3) is 0 Å². The van der Waals surface area contributed by atoms with Crippen LogP contribution in [0.25, 0.3) is 11.8 Å². The standard InChI is InChI=1S/C11H11N3/c1-3-10-7-13-14(8-10)11-4-5-12-9(2)6-11/h3-8H,1H2,2H3. The topological polar surface area (TPSA) is 30.7 Å². The van der Waals surface area contributed by atoms with Gasteiger partial charge in [0.15, 0.2) is 0 Å². The van der Waals surface area contributed by atoms with E-state index in [4.69, 9.17) is 0 Å². The predicted octanol–water partition coefficient (Wildman–Crippen LogP) is 2.22. The molecule has 0 saturated heterocycles. The predicted molar refractivity (Wildman–Crippen MR) is 56.2 cm³/mol. The molecule has 0 radical (unpaired) electrons. The van der Waals surface area contributed by atoms with Gasteiger partial charge >= 0.3 is 0 Å². The van der Waals surface area contributed by atoms with Gasteiger partial charge in [0.05, 0.1) is 11.9 Å². The summed E-state index contributed by atoms with van der Waals surface area (Å²) in [6, 6.07) is 3.91. The Kier molecular flexibility index (Phi) is 2.14. The van der Waals surface area contributed by atoms with Gasteiger partial charge in [0.1, 0.15) is 0 Å². The highest BCUT2D eigenvalue weighted by Crippen LogP contribution is 2.08. The van der Waals surface area contributed by atoms with E-state index < -0.39 is 0 Å². The monoisotopic (exact) mass is 185 g/mol. The van der Waals surface area contributed by atoms with E-state index >= 15 is 0 Å². The first kappa shape index (κ1) is 8.69. The van der Waals surface area contributed by atoms with Gasteiger partial charge in [-0.2, -0.15) is 5.10 Å². The van der Waals surface area contributed by atoms with Crippen molar-refractivity contribution in [2.45, 2.75) is 6.92 Å². The van der Waals surface area contributed by atoms with Crippen LogP contribution in [0.2, 0.25) is 0 Å². The summed E-state index contributed by atoms with van der Waals surface area (Å²) in [6.07, 6.45) is 7.27. The van der Waals surface area contributed by atoms with Crippen molar-refractivity contribution in [2.24, 2.45) is 0 Å². The molecule has 14 heavy (non-hydrogen) atoms. The molecule has 0 N–H and O–H groups in total. The van der Waals surface area contributed by atoms with Crippen LogP contribution in [0.15, 0.2) is 37.3 Å². The van der Waals surface area contributed by atoms with Crippen molar-refractivity contribution in [3.8, 4) is 5.69 Å². The largest absolute Gasteiger partial charge is 0.261 e. The van der Waals surface area contributed by atoms with E-state index in [0.29, 0.717) is 0 Å². The molecule has 0 aliphatic carbocycles. The van der Waals surface area contributed by atoms with Crippen LogP contribution in [0.5, 0.6) is 0 Å². The zero-order valence-electron chi connectivity index (χ0n) is 8.01. The molecule has 0 atom stereocenters. The Bertz CT molecular complexity index is 457. The first-order valence-electron chi connectivity index (χ1n) is 4.40. The Morgan fingerprint density at radius 3 is 3.00 bits per heavy atom. The van der Waals surface area contributed by atoms with Crippen molar-refractivity contribution in [1.82, 2.24) is 14.8 Å². The van der Waals surface area contributed by atoms with Crippen LogP contribution >= 0.6 is 0 Å². The summed E-state index contributed by atoms with van der Waals surface area (Å²) in [7, 11) is 0. The van der Waals surface area contributed by atoms with Gasteiger partial charge in [0, 0.05) is 23.7 Å². The summed E-state index contributed by atoms with van der Waals surface area (Å²) >= 11 is 0. The van der Waals surface area contributed by atoms with Crippen molar-refractivity contribution >= 4 is 6.08 Å². The Hall–Kier alpha value is -1.90. The molecule has 2 aromatic rings. The van der Waals surface area contributed by atoms with E-state index in [9.17, 15) is 0 Å². The Morgan fingerprint density at radius 2 is 2.36 bits per heavy atom. The van der Waals surface area contributed by atoms with Gasteiger partial charge in [-0.15, -0.1) is 0 Å². The fraction of sp³-hybridized carbons (Fsp3) is 0.0909. The molecule has 2 aromatic heterocycles. The second-order valence-corrected chi connectivity index (χ2v) is 3.08. The minimum atomic E-state index is 0.984. The third-order valence-corrected chi connectivity index (χ3v) is 1.98. The van der Waals surface area contributed by atoms with Crippen molar-refractivity contribution in [3.63, 3.8) is 0 Å². The van der Waals surface area contributed by atoms with Crippen LogP contribution in [0.3, 0.4) is 0 Å². The molecule has 0 aromatic carbocycles. The van der Waals surface area contributed by atoms with Gasteiger partial charge in [-0.1, -0.05) is 12.7 Å². The van der Waals surface area contributed by atoms with Crippen molar-refractivity contribution in [3.05, 3.63) is 48.6 Å². The molecule has 0 amide bonds. The Labute approximate surface area is 82.7 Å². The lowest BCUT2D eigenvalue weighted by Gasteiger charge is -2.00. The number of nitrogens with zero attached hydrogens (tertiary/aromatic N) is 3. The zero-order valence-corrected chi connectivity index (χ0v) is 8.01. The van der Waals surface area contributed by atoms with Gasteiger partial charge in [-0.05, 0) is 19.1 Å². The zero-order chi connectivity index (χ0) is 9.97. The SMILES string of the molecule is C=Cc1cnn(-c2ccnc(C)c2)c1. The van der Waals surface area contributed by atoms with E-state index in [1.807, 2.05) is 29.9 Å². The lowest BCUT2D eigenvalue weighted by molar-refractivity contribution is 0.874. The summed E-state index contributed by atoms with van der Waals surface area (Å²) in [4.78, 5) is 4.13. The minimum absolute atomic E-state index is 0.984. The lowest BCUT2D eigenvalue weighted by Crippen LogP contribution is -1.95. The molecule has 3 heteroatoms. The smallest absolute Gasteiger partial charge is 0.0679 e. The molecule has 0 bridgehead atoms. The average molecular weight is 185 g/mol. The Balaban J connectivity index is 2.43. The molecule has 70 valence electrons. The second kappa shape index (κ2) is 3.46. The third-order valence-electron chi connectivity index (χ3n) is 1.98. The fourth-order valence-electron chi connectivity index (χ4n) is 1.26.